The molecule has 0 fully saturated rings. The van der Waals surface area contributed by atoms with E-state index in [1.54, 1.807) is 0 Å². The largest absolute Gasteiger partial charge is 0.435 e. The SMILES string of the molecule is C1=Cc2ncoc2SN1. The van der Waals surface area contributed by atoms with Crippen LogP contribution in [0.5, 0.6) is 0 Å². The highest BCUT2D eigenvalue weighted by Gasteiger charge is 2.07. The average Bonchev–Trinajstić information content (AvgIpc) is 2.33. The molecule has 2 heterocycles. The van der Waals surface area contributed by atoms with Crippen molar-refractivity contribution in [3.63, 3.8) is 0 Å². The lowest BCUT2D eigenvalue weighted by molar-refractivity contribution is 0.468. The maximum absolute atomic E-state index is 4.99. The number of nitrogens with zero attached hydrogens (tertiary/aromatic N) is 1. The van der Waals surface area contributed by atoms with Crippen LogP contribution >= 0.6 is 11.9 Å². The molecule has 1 aromatic rings. The molecule has 4 heteroatoms. The van der Waals surface area contributed by atoms with Crippen LogP contribution in [-0.2, 0) is 0 Å². The summed E-state index contributed by atoms with van der Waals surface area (Å²) in [7, 11) is 0. The summed E-state index contributed by atoms with van der Waals surface area (Å²) in [5.41, 5.74) is 0.902. The zero-order chi connectivity index (χ0) is 6.10. The van der Waals surface area contributed by atoms with Crippen LogP contribution < -0.4 is 4.72 Å². The first-order valence-corrected chi connectivity index (χ1v) is 3.31. The van der Waals surface area contributed by atoms with E-state index in [0.717, 1.165) is 10.8 Å². The minimum Gasteiger partial charge on any atom is -0.435 e. The first-order chi connectivity index (χ1) is 4.47. The van der Waals surface area contributed by atoms with Crippen LogP contribution in [-0.4, -0.2) is 4.98 Å². The molecular formula is C5H4N2OS. The van der Waals surface area contributed by atoms with E-state index in [1.807, 2.05) is 12.3 Å². The second-order valence-electron chi connectivity index (χ2n) is 1.58. The fourth-order valence-electron chi connectivity index (χ4n) is 0.632. The highest BCUT2D eigenvalue weighted by atomic mass is 32.2. The number of hydrogen-bond acceptors (Lipinski definition) is 4. The fourth-order valence-corrected chi connectivity index (χ4v) is 1.19. The second-order valence-corrected chi connectivity index (χ2v) is 2.39. The first-order valence-electron chi connectivity index (χ1n) is 2.49. The normalized spacial score (nSPS) is 14.7. The van der Waals surface area contributed by atoms with E-state index in [-0.39, 0.29) is 0 Å². The lowest BCUT2D eigenvalue weighted by atomic mass is 10.5. The van der Waals surface area contributed by atoms with Gasteiger partial charge in [-0.05, 0) is 6.08 Å². The molecule has 9 heavy (non-hydrogen) atoms. The molecule has 1 aromatic heterocycles. The van der Waals surface area contributed by atoms with E-state index < -0.39 is 0 Å². The Balaban J connectivity index is 2.53. The van der Waals surface area contributed by atoms with Gasteiger partial charge in [0, 0.05) is 18.1 Å². The van der Waals surface area contributed by atoms with Gasteiger partial charge in [-0.25, -0.2) is 4.98 Å². The predicted molar refractivity (Wildman–Crippen MR) is 34.5 cm³/mol. The van der Waals surface area contributed by atoms with Crippen molar-refractivity contribution in [3.8, 4) is 0 Å². The Kier molecular flexibility index (Phi) is 0.989. The van der Waals surface area contributed by atoms with Gasteiger partial charge < -0.3 is 9.14 Å². The monoisotopic (exact) mass is 140 g/mol. The van der Waals surface area contributed by atoms with E-state index in [4.69, 9.17) is 4.42 Å². The highest BCUT2D eigenvalue weighted by Crippen LogP contribution is 2.22. The Bertz CT molecular complexity index is 243. The molecule has 0 spiro atoms. The predicted octanol–water partition coefficient (Wildman–Crippen LogP) is 1.26. The van der Waals surface area contributed by atoms with Crippen molar-refractivity contribution < 1.29 is 4.42 Å². The van der Waals surface area contributed by atoms with Crippen LogP contribution in [0.3, 0.4) is 0 Å². The first kappa shape index (κ1) is 4.93. The number of nitrogens with one attached hydrogen (secondary N) is 1. The van der Waals surface area contributed by atoms with Gasteiger partial charge in [0.05, 0.1) is 0 Å². The summed E-state index contributed by atoms with van der Waals surface area (Å²) in [5.74, 6) is 0. The molecule has 46 valence electrons. The molecule has 1 aliphatic rings. The maximum atomic E-state index is 4.99. The Morgan fingerprint density at radius 1 is 1.67 bits per heavy atom. The number of aromatic nitrogens is 1. The van der Waals surface area contributed by atoms with Crippen LogP contribution in [0, 0.1) is 0 Å². The summed E-state index contributed by atoms with van der Waals surface area (Å²) in [6, 6.07) is 0. The number of oxazole rings is 1. The van der Waals surface area contributed by atoms with Gasteiger partial charge in [-0.2, -0.15) is 0 Å². The Morgan fingerprint density at radius 2 is 2.67 bits per heavy atom. The minimum absolute atomic E-state index is 0.831. The molecule has 0 atom stereocenters. The molecule has 0 aromatic carbocycles. The molecule has 0 aliphatic carbocycles. The van der Waals surface area contributed by atoms with Crippen molar-refractivity contribution >= 4 is 18.0 Å². The van der Waals surface area contributed by atoms with Gasteiger partial charge in [-0.15, -0.1) is 0 Å². The Morgan fingerprint density at radius 3 is 3.56 bits per heavy atom. The van der Waals surface area contributed by atoms with Crippen LogP contribution in [0.25, 0.3) is 6.08 Å². The summed E-state index contributed by atoms with van der Waals surface area (Å²) in [4.78, 5) is 3.94. The average molecular weight is 140 g/mol. The van der Waals surface area contributed by atoms with E-state index in [2.05, 4.69) is 9.71 Å². The molecule has 1 aliphatic heterocycles. The molecule has 0 radical (unpaired) electrons. The van der Waals surface area contributed by atoms with Crippen LogP contribution in [0.1, 0.15) is 5.69 Å². The zero-order valence-electron chi connectivity index (χ0n) is 4.50. The van der Waals surface area contributed by atoms with E-state index >= 15 is 0 Å². The Hall–Kier alpha value is -0.900. The molecule has 2 rings (SSSR count). The highest BCUT2D eigenvalue weighted by molar-refractivity contribution is 7.97. The zero-order valence-corrected chi connectivity index (χ0v) is 5.31. The summed E-state index contributed by atoms with van der Waals surface area (Å²) in [6.45, 7) is 0. The summed E-state index contributed by atoms with van der Waals surface area (Å²) in [5, 5.41) is 0.831. The van der Waals surface area contributed by atoms with Crippen molar-refractivity contribution in [2.45, 2.75) is 5.09 Å². The van der Waals surface area contributed by atoms with Crippen molar-refractivity contribution in [1.29, 1.82) is 0 Å². The minimum atomic E-state index is 0.831. The number of rotatable bonds is 0. The summed E-state index contributed by atoms with van der Waals surface area (Å²) >= 11 is 1.43. The topological polar surface area (TPSA) is 38.1 Å². The molecular weight excluding hydrogens is 136 g/mol. The summed E-state index contributed by atoms with van der Waals surface area (Å²) < 4.78 is 7.92. The molecule has 0 saturated carbocycles. The molecule has 0 bridgehead atoms. The smallest absolute Gasteiger partial charge is 0.208 e. The lowest BCUT2D eigenvalue weighted by Gasteiger charge is -2.00. The molecule has 1 N–H and O–H groups in total. The quantitative estimate of drug-likeness (QED) is 0.550. The van der Waals surface area contributed by atoms with Gasteiger partial charge in [-0.3, -0.25) is 0 Å². The lowest BCUT2D eigenvalue weighted by Crippen LogP contribution is -1.95. The van der Waals surface area contributed by atoms with Crippen molar-refractivity contribution in [1.82, 2.24) is 9.71 Å². The third-order valence-electron chi connectivity index (χ3n) is 1.02. The molecule has 3 nitrogen and oxygen atoms in total. The van der Waals surface area contributed by atoms with Crippen molar-refractivity contribution in [2.75, 3.05) is 0 Å². The van der Waals surface area contributed by atoms with Gasteiger partial charge in [0.1, 0.15) is 5.69 Å². The van der Waals surface area contributed by atoms with Crippen LogP contribution in [0.15, 0.2) is 22.1 Å². The van der Waals surface area contributed by atoms with Gasteiger partial charge in [-0.1, -0.05) is 0 Å². The van der Waals surface area contributed by atoms with Crippen LogP contribution in [0.2, 0.25) is 0 Å². The van der Waals surface area contributed by atoms with Crippen molar-refractivity contribution in [2.24, 2.45) is 0 Å². The standard InChI is InChI=1S/C5H4N2OS/c1-2-7-9-5-4(1)6-3-8-5/h1-3,7H. The number of fused-ring (bicyclic) bond motifs is 1. The fraction of sp³-hybridized carbons (Fsp3) is 0. The second kappa shape index (κ2) is 1.80. The summed E-state index contributed by atoms with van der Waals surface area (Å²) in [6.07, 6.45) is 5.14. The molecule has 0 unspecified atom stereocenters. The maximum Gasteiger partial charge on any atom is 0.208 e. The van der Waals surface area contributed by atoms with Gasteiger partial charge >= 0.3 is 0 Å². The molecule has 0 saturated heterocycles. The number of hydrogen-bond donors (Lipinski definition) is 1. The van der Waals surface area contributed by atoms with E-state index in [1.165, 1.54) is 18.3 Å². The molecule has 0 amide bonds. The third kappa shape index (κ3) is 0.712. The van der Waals surface area contributed by atoms with Gasteiger partial charge in [0.2, 0.25) is 5.09 Å². The van der Waals surface area contributed by atoms with Gasteiger partial charge in [0.25, 0.3) is 0 Å². The van der Waals surface area contributed by atoms with E-state index in [0.29, 0.717) is 0 Å². The van der Waals surface area contributed by atoms with Crippen molar-refractivity contribution in [3.05, 3.63) is 18.3 Å². The van der Waals surface area contributed by atoms with E-state index in [9.17, 15) is 0 Å². The Labute approximate surface area is 56.3 Å². The third-order valence-corrected chi connectivity index (χ3v) is 1.77. The van der Waals surface area contributed by atoms with Crippen LogP contribution in [0.4, 0.5) is 0 Å². The van der Waals surface area contributed by atoms with Gasteiger partial charge in [0.15, 0.2) is 6.39 Å².